The molecule has 0 aliphatic rings. The first kappa shape index (κ1) is 9.27. The van der Waals surface area contributed by atoms with E-state index in [9.17, 15) is 0 Å². The van der Waals surface area contributed by atoms with Gasteiger partial charge in [-0.2, -0.15) is 12.6 Å². The molecule has 0 saturated carbocycles. The van der Waals surface area contributed by atoms with Gasteiger partial charge in [-0.3, -0.25) is 0 Å². The molecule has 0 amide bonds. The molecule has 9 heavy (non-hydrogen) atoms. The standard InChI is InChI=1S/C6H14O2S/c1-2-5(7)3-6(8)4-9/h5-9H,2-4H2,1H3. The second kappa shape index (κ2) is 5.09. The Balaban J connectivity index is 3.22. The predicted molar refractivity (Wildman–Crippen MR) is 40.8 cm³/mol. The van der Waals surface area contributed by atoms with Crippen molar-refractivity contribution in [3.8, 4) is 0 Å². The van der Waals surface area contributed by atoms with E-state index in [1.807, 2.05) is 6.92 Å². The zero-order valence-electron chi connectivity index (χ0n) is 5.62. The van der Waals surface area contributed by atoms with Crippen LogP contribution in [0.1, 0.15) is 19.8 Å². The van der Waals surface area contributed by atoms with E-state index in [1.54, 1.807) is 0 Å². The summed E-state index contributed by atoms with van der Waals surface area (Å²) in [6, 6.07) is 0. The normalized spacial score (nSPS) is 17.3. The summed E-state index contributed by atoms with van der Waals surface area (Å²) < 4.78 is 0. The van der Waals surface area contributed by atoms with E-state index in [4.69, 9.17) is 10.2 Å². The molecule has 2 unspecified atom stereocenters. The lowest BCUT2D eigenvalue weighted by molar-refractivity contribution is 0.0908. The lowest BCUT2D eigenvalue weighted by atomic mass is 10.1. The Kier molecular flexibility index (Phi) is 5.24. The summed E-state index contributed by atoms with van der Waals surface area (Å²) in [6.07, 6.45) is 0.320. The van der Waals surface area contributed by atoms with Gasteiger partial charge in [0.15, 0.2) is 0 Å². The fourth-order valence-corrected chi connectivity index (χ4v) is 0.704. The quantitative estimate of drug-likeness (QED) is 0.509. The SMILES string of the molecule is CCC(O)CC(O)CS. The predicted octanol–water partition coefficient (Wildman–Crippen LogP) is 0.438. The highest BCUT2D eigenvalue weighted by Gasteiger charge is 2.07. The Bertz CT molecular complexity index is 60.1. The highest BCUT2D eigenvalue weighted by Crippen LogP contribution is 2.02. The van der Waals surface area contributed by atoms with Crippen LogP contribution in [0.3, 0.4) is 0 Å². The molecule has 56 valence electrons. The van der Waals surface area contributed by atoms with Crippen LogP contribution in [0, 0.1) is 0 Å². The molecule has 0 aliphatic carbocycles. The number of aliphatic hydroxyl groups is 2. The van der Waals surface area contributed by atoms with Gasteiger partial charge in [-0.05, 0) is 6.42 Å². The third-order valence-corrected chi connectivity index (χ3v) is 1.65. The van der Waals surface area contributed by atoms with Crippen molar-refractivity contribution in [2.75, 3.05) is 5.75 Å². The number of hydrogen-bond acceptors (Lipinski definition) is 3. The smallest absolute Gasteiger partial charge is 0.0652 e. The average molecular weight is 150 g/mol. The summed E-state index contributed by atoms with van der Waals surface area (Å²) in [5.74, 6) is 0.428. The minimum atomic E-state index is -0.455. The van der Waals surface area contributed by atoms with Gasteiger partial charge in [0.1, 0.15) is 0 Å². The van der Waals surface area contributed by atoms with Crippen LogP contribution in [0.2, 0.25) is 0 Å². The topological polar surface area (TPSA) is 40.5 Å². The molecule has 0 aromatic rings. The van der Waals surface area contributed by atoms with Gasteiger partial charge >= 0.3 is 0 Å². The third kappa shape index (κ3) is 4.75. The Labute approximate surface area is 61.3 Å². The van der Waals surface area contributed by atoms with Crippen molar-refractivity contribution in [1.82, 2.24) is 0 Å². The number of aliphatic hydroxyl groups excluding tert-OH is 2. The zero-order chi connectivity index (χ0) is 7.28. The van der Waals surface area contributed by atoms with Gasteiger partial charge in [0.05, 0.1) is 12.2 Å². The van der Waals surface area contributed by atoms with Crippen molar-refractivity contribution >= 4 is 12.6 Å². The molecule has 0 saturated heterocycles. The van der Waals surface area contributed by atoms with Gasteiger partial charge < -0.3 is 10.2 Å². The average Bonchev–Trinajstić information content (AvgIpc) is 1.87. The lowest BCUT2D eigenvalue weighted by Crippen LogP contribution is -2.17. The first-order chi connectivity index (χ1) is 4.20. The van der Waals surface area contributed by atoms with E-state index in [0.29, 0.717) is 18.6 Å². The Morgan fingerprint density at radius 2 is 1.89 bits per heavy atom. The number of hydrogen-bond donors (Lipinski definition) is 3. The lowest BCUT2D eigenvalue weighted by Gasteiger charge is -2.10. The Morgan fingerprint density at radius 3 is 2.22 bits per heavy atom. The van der Waals surface area contributed by atoms with Crippen molar-refractivity contribution in [3.63, 3.8) is 0 Å². The molecule has 3 heteroatoms. The highest BCUT2D eigenvalue weighted by atomic mass is 32.1. The number of thiol groups is 1. The minimum absolute atomic E-state index is 0.368. The highest BCUT2D eigenvalue weighted by molar-refractivity contribution is 7.80. The largest absolute Gasteiger partial charge is 0.393 e. The molecule has 0 spiro atoms. The molecule has 2 N–H and O–H groups in total. The van der Waals surface area contributed by atoms with E-state index in [2.05, 4.69) is 12.6 Å². The molecule has 0 aromatic heterocycles. The van der Waals surface area contributed by atoms with Gasteiger partial charge in [-0.15, -0.1) is 0 Å². The van der Waals surface area contributed by atoms with E-state index >= 15 is 0 Å². The summed E-state index contributed by atoms with van der Waals surface area (Å²) in [7, 11) is 0. The molecule has 0 aromatic carbocycles. The first-order valence-electron chi connectivity index (χ1n) is 3.17. The van der Waals surface area contributed by atoms with Crippen molar-refractivity contribution in [1.29, 1.82) is 0 Å². The zero-order valence-corrected chi connectivity index (χ0v) is 6.51. The van der Waals surface area contributed by atoms with Crippen molar-refractivity contribution in [2.24, 2.45) is 0 Å². The molecule has 2 atom stereocenters. The van der Waals surface area contributed by atoms with Crippen molar-refractivity contribution in [3.05, 3.63) is 0 Å². The minimum Gasteiger partial charge on any atom is -0.393 e. The molecular formula is C6H14O2S. The van der Waals surface area contributed by atoms with Crippen molar-refractivity contribution < 1.29 is 10.2 Å². The van der Waals surface area contributed by atoms with Gasteiger partial charge in [0.2, 0.25) is 0 Å². The molecule has 0 radical (unpaired) electrons. The molecular weight excluding hydrogens is 136 g/mol. The molecule has 0 fully saturated rings. The van der Waals surface area contributed by atoms with Crippen LogP contribution >= 0.6 is 12.6 Å². The summed E-state index contributed by atoms with van der Waals surface area (Å²) in [5, 5.41) is 17.9. The summed E-state index contributed by atoms with van der Waals surface area (Å²) in [5.41, 5.74) is 0. The third-order valence-electron chi connectivity index (χ3n) is 1.23. The fourth-order valence-electron chi connectivity index (χ4n) is 0.555. The van der Waals surface area contributed by atoms with E-state index in [1.165, 1.54) is 0 Å². The van der Waals surface area contributed by atoms with E-state index in [0.717, 1.165) is 0 Å². The number of rotatable bonds is 4. The van der Waals surface area contributed by atoms with Crippen LogP contribution in [0.25, 0.3) is 0 Å². The van der Waals surface area contributed by atoms with Gasteiger partial charge in [-0.25, -0.2) is 0 Å². The van der Waals surface area contributed by atoms with E-state index < -0.39 is 6.10 Å². The van der Waals surface area contributed by atoms with Crippen LogP contribution in [-0.4, -0.2) is 28.2 Å². The van der Waals surface area contributed by atoms with Gasteiger partial charge in [-0.1, -0.05) is 6.92 Å². The maximum atomic E-state index is 8.97. The van der Waals surface area contributed by atoms with Crippen LogP contribution < -0.4 is 0 Å². The fraction of sp³-hybridized carbons (Fsp3) is 1.00. The van der Waals surface area contributed by atoms with Crippen LogP contribution in [0.5, 0.6) is 0 Å². The first-order valence-corrected chi connectivity index (χ1v) is 3.81. The summed E-state index contributed by atoms with van der Waals surface area (Å²) in [6.45, 7) is 1.88. The molecule has 0 heterocycles. The monoisotopic (exact) mass is 150 g/mol. The maximum Gasteiger partial charge on any atom is 0.0652 e. The van der Waals surface area contributed by atoms with Crippen LogP contribution in [0.4, 0.5) is 0 Å². The Morgan fingerprint density at radius 1 is 1.33 bits per heavy atom. The molecule has 2 nitrogen and oxygen atoms in total. The second-order valence-corrected chi connectivity index (χ2v) is 2.50. The summed E-state index contributed by atoms with van der Waals surface area (Å²) in [4.78, 5) is 0. The van der Waals surface area contributed by atoms with Crippen LogP contribution in [0.15, 0.2) is 0 Å². The summed E-state index contributed by atoms with van der Waals surface area (Å²) >= 11 is 3.87. The van der Waals surface area contributed by atoms with Gasteiger partial charge in [0, 0.05) is 12.2 Å². The van der Waals surface area contributed by atoms with Gasteiger partial charge in [0.25, 0.3) is 0 Å². The van der Waals surface area contributed by atoms with Crippen LogP contribution in [-0.2, 0) is 0 Å². The molecule has 0 aliphatic heterocycles. The second-order valence-electron chi connectivity index (χ2n) is 2.13. The molecule has 0 bridgehead atoms. The molecule has 0 rings (SSSR count). The Hall–Kier alpha value is 0.270. The maximum absolute atomic E-state index is 8.97. The van der Waals surface area contributed by atoms with Crippen molar-refractivity contribution in [2.45, 2.75) is 32.0 Å². The van der Waals surface area contributed by atoms with E-state index in [-0.39, 0.29) is 6.10 Å².